The van der Waals surface area contributed by atoms with Gasteiger partial charge in [-0.25, -0.2) is 4.98 Å². The highest BCUT2D eigenvalue weighted by Gasteiger charge is 2.43. The number of hydrogen-bond acceptors (Lipinski definition) is 2. The number of alkyl halides is 3. The molecule has 6 heteroatoms. The number of nitrogens with zero attached hydrogens (tertiary/aromatic N) is 2. The molecule has 0 radical (unpaired) electrons. The average Bonchev–Trinajstić information content (AvgIpc) is 2.60. The van der Waals surface area contributed by atoms with Crippen LogP contribution in [-0.2, 0) is 0 Å². The molecule has 1 aromatic heterocycles. The summed E-state index contributed by atoms with van der Waals surface area (Å²) in [6.07, 6.45) is -3.20. The standard InChI is InChI=1S/C11H12F3N3/c1-7(15)10(11(12,13)14)17-6-16-8-4-2-3-5-9(8)17/h2-7,10H,15H2,1H3. The molecule has 0 aliphatic heterocycles. The van der Waals surface area contributed by atoms with E-state index in [9.17, 15) is 13.2 Å². The van der Waals surface area contributed by atoms with E-state index in [0.717, 1.165) is 4.57 Å². The van der Waals surface area contributed by atoms with Crippen molar-refractivity contribution >= 4 is 11.0 Å². The van der Waals surface area contributed by atoms with E-state index in [1.165, 1.54) is 13.3 Å². The topological polar surface area (TPSA) is 43.8 Å². The zero-order valence-corrected chi connectivity index (χ0v) is 9.15. The average molecular weight is 243 g/mol. The molecule has 2 unspecified atom stereocenters. The number of aromatic nitrogens is 2. The van der Waals surface area contributed by atoms with Gasteiger partial charge in [-0.05, 0) is 19.1 Å². The van der Waals surface area contributed by atoms with Crippen LogP contribution in [0.15, 0.2) is 30.6 Å². The van der Waals surface area contributed by atoms with E-state index in [1.54, 1.807) is 24.3 Å². The lowest BCUT2D eigenvalue weighted by atomic mass is 10.1. The van der Waals surface area contributed by atoms with Crippen LogP contribution < -0.4 is 5.73 Å². The lowest BCUT2D eigenvalue weighted by molar-refractivity contribution is -0.170. The number of imidazole rings is 1. The second-order valence-electron chi connectivity index (χ2n) is 3.99. The maximum Gasteiger partial charge on any atom is 0.410 e. The molecule has 1 aromatic carbocycles. The van der Waals surface area contributed by atoms with Crippen molar-refractivity contribution in [3.63, 3.8) is 0 Å². The minimum atomic E-state index is -4.39. The predicted octanol–water partition coefficient (Wildman–Crippen LogP) is 2.49. The summed E-state index contributed by atoms with van der Waals surface area (Å²) in [5, 5.41) is 0. The van der Waals surface area contributed by atoms with E-state index in [2.05, 4.69) is 4.98 Å². The highest BCUT2D eigenvalue weighted by atomic mass is 19.4. The van der Waals surface area contributed by atoms with Gasteiger partial charge in [0.25, 0.3) is 0 Å². The summed E-state index contributed by atoms with van der Waals surface area (Å²) in [6, 6.07) is 3.88. The van der Waals surface area contributed by atoms with Crippen LogP contribution in [0.25, 0.3) is 11.0 Å². The van der Waals surface area contributed by atoms with Gasteiger partial charge in [-0.15, -0.1) is 0 Å². The van der Waals surface area contributed by atoms with E-state index in [4.69, 9.17) is 5.73 Å². The molecule has 0 spiro atoms. The summed E-state index contributed by atoms with van der Waals surface area (Å²) in [5.41, 5.74) is 6.40. The molecule has 0 amide bonds. The molecule has 2 aromatic rings. The number of nitrogens with two attached hydrogens (primary N) is 1. The van der Waals surface area contributed by atoms with Gasteiger partial charge in [0.15, 0.2) is 0 Å². The van der Waals surface area contributed by atoms with Crippen LogP contribution >= 0.6 is 0 Å². The van der Waals surface area contributed by atoms with Crippen molar-refractivity contribution in [3.05, 3.63) is 30.6 Å². The molecule has 0 aliphatic rings. The predicted molar refractivity (Wildman–Crippen MR) is 58.5 cm³/mol. The first-order valence-electron chi connectivity index (χ1n) is 5.15. The Bertz CT molecular complexity index is 516. The quantitative estimate of drug-likeness (QED) is 0.880. The van der Waals surface area contributed by atoms with Crippen LogP contribution in [0, 0.1) is 0 Å². The number of benzene rings is 1. The molecule has 0 saturated heterocycles. The maximum atomic E-state index is 12.9. The zero-order valence-electron chi connectivity index (χ0n) is 9.15. The highest BCUT2D eigenvalue weighted by Crippen LogP contribution is 2.34. The summed E-state index contributed by atoms with van der Waals surface area (Å²) in [4.78, 5) is 3.94. The molecule has 92 valence electrons. The summed E-state index contributed by atoms with van der Waals surface area (Å²) in [7, 11) is 0. The minimum absolute atomic E-state index is 0.437. The van der Waals surface area contributed by atoms with Crippen LogP contribution in [0.5, 0.6) is 0 Å². The summed E-state index contributed by atoms with van der Waals surface area (Å²) < 4.78 is 39.9. The van der Waals surface area contributed by atoms with Gasteiger partial charge in [0, 0.05) is 6.04 Å². The van der Waals surface area contributed by atoms with Crippen molar-refractivity contribution < 1.29 is 13.2 Å². The molecule has 3 nitrogen and oxygen atoms in total. The lowest BCUT2D eigenvalue weighted by Crippen LogP contribution is -2.39. The van der Waals surface area contributed by atoms with Crippen LogP contribution in [-0.4, -0.2) is 21.8 Å². The Morgan fingerprint density at radius 1 is 1.29 bits per heavy atom. The third-order valence-corrected chi connectivity index (χ3v) is 2.61. The van der Waals surface area contributed by atoms with E-state index >= 15 is 0 Å². The molecule has 0 fully saturated rings. The van der Waals surface area contributed by atoms with Crippen LogP contribution in [0.2, 0.25) is 0 Å². The molecule has 2 N–H and O–H groups in total. The Hall–Kier alpha value is -1.56. The van der Waals surface area contributed by atoms with Gasteiger partial charge in [-0.2, -0.15) is 13.2 Å². The molecule has 2 atom stereocenters. The van der Waals surface area contributed by atoms with Crippen molar-refractivity contribution in [1.82, 2.24) is 9.55 Å². The Labute approximate surface area is 96.0 Å². The lowest BCUT2D eigenvalue weighted by Gasteiger charge is -2.25. The first-order valence-corrected chi connectivity index (χ1v) is 5.15. The zero-order chi connectivity index (χ0) is 12.6. The number of rotatable bonds is 2. The molecular formula is C11H12F3N3. The van der Waals surface area contributed by atoms with Gasteiger partial charge in [-0.1, -0.05) is 12.1 Å². The molecule has 1 heterocycles. The smallest absolute Gasteiger partial charge is 0.326 e. The van der Waals surface area contributed by atoms with E-state index in [0.29, 0.717) is 11.0 Å². The fraction of sp³-hybridized carbons (Fsp3) is 0.364. The number of halogens is 3. The first kappa shape index (κ1) is 11.9. The SMILES string of the molecule is CC(N)C(n1cnc2ccccc21)C(F)(F)F. The second-order valence-corrected chi connectivity index (χ2v) is 3.99. The van der Waals surface area contributed by atoms with Crippen LogP contribution in [0.4, 0.5) is 13.2 Å². The third-order valence-electron chi connectivity index (χ3n) is 2.61. The Kier molecular flexibility index (Phi) is 2.82. The van der Waals surface area contributed by atoms with Crippen molar-refractivity contribution in [3.8, 4) is 0 Å². The van der Waals surface area contributed by atoms with Crippen molar-refractivity contribution in [1.29, 1.82) is 0 Å². The second kappa shape index (κ2) is 4.03. The van der Waals surface area contributed by atoms with E-state index < -0.39 is 18.3 Å². The van der Waals surface area contributed by atoms with Crippen molar-refractivity contribution in [2.24, 2.45) is 5.73 Å². The Morgan fingerprint density at radius 2 is 1.94 bits per heavy atom. The van der Waals surface area contributed by atoms with Gasteiger partial charge in [-0.3, -0.25) is 0 Å². The normalized spacial score (nSPS) is 16.1. The third kappa shape index (κ3) is 2.12. The number of hydrogen-bond donors (Lipinski definition) is 1. The van der Waals surface area contributed by atoms with Crippen LogP contribution in [0.1, 0.15) is 13.0 Å². The number of para-hydroxylation sites is 2. The molecule has 0 saturated carbocycles. The van der Waals surface area contributed by atoms with Crippen molar-refractivity contribution in [2.45, 2.75) is 25.2 Å². The van der Waals surface area contributed by atoms with Gasteiger partial charge >= 0.3 is 6.18 Å². The fourth-order valence-corrected chi connectivity index (χ4v) is 1.91. The molecule has 0 bridgehead atoms. The van der Waals surface area contributed by atoms with Crippen molar-refractivity contribution in [2.75, 3.05) is 0 Å². The summed E-state index contributed by atoms with van der Waals surface area (Å²) in [5.74, 6) is 0. The van der Waals surface area contributed by atoms with Crippen LogP contribution in [0.3, 0.4) is 0 Å². The summed E-state index contributed by atoms with van der Waals surface area (Å²) in [6.45, 7) is 1.34. The van der Waals surface area contributed by atoms with E-state index in [1.807, 2.05) is 0 Å². The van der Waals surface area contributed by atoms with Gasteiger partial charge in [0.2, 0.25) is 0 Å². The molecular weight excluding hydrogens is 231 g/mol. The first-order chi connectivity index (χ1) is 7.91. The molecule has 17 heavy (non-hydrogen) atoms. The minimum Gasteiger partial charge on any atom is -0.326 e. The van der Waals surface area contributed by atoms with Gasteiger partial charge in [0.1, 0.15) is 6.04 Å². The maximum absolute atomic E-state index is 12.9. The highest BCUT2D eigenvalue weighted by molar-refractivity contribution is 5.75. The fourth-order valence-electron chi connectivity index (χ4n) is 1.91. The summed E-state index contributed by atoms with van der Waals surface area (Å²) >= 11 is 0. The van der Waals surface area contributed by atoms with Gasteiger partial charge in [0.05, 0.1) is 17.4 Å². The largest absolute Gasteiger partial charge is 0.410 e. The van der Waals surface area contributed by atoms with Gasteiger partial charge < -0.3 is 10.3 Å². The number of fused-ring (bicyclic) bond motifs is 1. The Balaban J connectivity index is 2.57. The molecule has 2 rings (SSSR count). The van der Waals surface area contributed by atoms with E-state index in [-0.39, 0.29) is 0 Å². The monoisotopic (exact) mass is 243 g/mol. The molecule has 0 aliphatic carbocycles. The Morgan fingerprint density at radius 3 is 2.53 bits per heavy atom.